The Hall–Kier alpha value is -4.84. The fourth-order valence-corrected chi connectivity index (χ4v) is 6.66. The number of methoxy groups -OCH3 is 1. The van der Waals surface area contributed by atoms with Crippen molar-refractivity contribution in [1.29, 1.82) is 0 Å². The predicted molar refractivity (Wildman–Crippen MR) is 179 cm³/mol. The topological polar surface area (TPSA) is 119 Å². The summed E-state index contributed by atoms with van der Waals surface area (Å²) in [5.74, 6) is 0.687. The van der Waals surface area contributed by atoms with E-state index in [1.807, 2.05) is 24.3 Å². The Labute approximate surface area is 275 Å². The fourth-order valence-electron chi connectivity index (χ4n) is 5.51. The number of piperazine rings is 1. The van der Waals surface area contributed by atoms with Crippen molar-refractivity contribution in [2.75, 3.05) is 45.2 Å². The van der Waals surface area contributed by atoms with Crippen LogP contribution in [0.25, 0.3) is 10.8 Å². The number of nitrogens with zero attached hydrogens (tertiary/aromatic N) is 4. The van der Waals surface area contributed by atoms with Gasteiger partial charge < -0.3 is 23.5 Å². The minimum atomic E-state index is -4.14. The molecule has 0 bridgehead atoms. The number of rotatable bonds is 9. The Morgan fingerprint density at radius 2 is 1.64 bits per heavy atom. The molecule has 4 aromatic rings. The predicted octanol–water partition coefficient (Wildman–Crippen LogP) is 5.14. The van der Waals surface area contributed by atoms with Gasteiger partial charge in [-0.15, -0.1) is 0 Å². The van der Waals surface area contributed by atoms with Crippen molar-refractivity contribution in [2.24, 2.45) is 0 Å². The normalized spacial score (nSPS) is 14.4. The molecule has 12 heteroatoms. The zero-order valence-electron chi connectivity index (χ0n) is 27.3. The maximum absolute atomic E-state index is 14.0. The van der Waals surface area contributed by atoms with Crippen molar-refractivity contribution >= 4 is 38.6 Å². The third kappa shape index (κ3) is 7.94. The first-order valence-electron chi connectivity index (χ1n) is 15.3. The van der Waals surface area contributed by atoms with Crippen LogP contribution in [0.15, 0.2) is 90.1 Å². The molecule has 0 aliphatic carbocycles. The van der Waals surface area contributed by atoms with Crippen molar-refractivity contribution in [3.63, 3.8) is 0 Å². The lowest BCUT2D eigenvalue weighted by molar-refractivity contribution is -0.136. The number of hydrogen-bond donors (Lipinski definition) is 0. The minimum Gasteiger partial charge on any atom is -0.495 e. The summed E-state index contributed by atoms with van der Waals surface area (Å²) in [5, 5.41) is 1.19. The molecule has 0 saturated carbocycles. The highest BCUT2D eigenvalue weighted by molar-refractivity contribution is 7.87. The molecule has 0 unspecified atom stereocenters. The molecule has 0 N–H and O–H groups in total. The summed E-state index contributed by atoms with van der Waals surface area (Å²) in [6, 6.07) is 19.9. The first-order valence-corrected chi connectivity index (χ1v) is 16.8. The number of amides is 2. The van der Waals surface area contributed by atoms with Crippen LogP contribution in [0.1, 0.15) is 26.3 Å². The average Bonchev–Trinajstić information content (AvgIpc) is 3.06. The first-order chi connectivity index (χ1) is 22.4. The molecule has 0 spiro atoms. The van der Waals surface area contributed by atoms with Crippen molar-refractivity contribution in [3.05, 3.63) is 90.8 Å². The van der Waals surface area contributed by atoms with E-state index in [1.54, 1.807) is 88.5 Å². The lowest BCUT2D eigenvalue weighted by Crippen LogP contribution is -2.56. The van der Waals surface area contributed by atoms with Crippen LogP contribution in [0, 0.1) is 0 Å². The van der Waals surface area contributed by atoms with Crippen molar-refractivity contribution < 1.29 is 31.7 Å². The maximum atomic E-state index is 14.0. The number of benzene rings is 3. The van der Waals surface area contributed by atoms with Gasteiger partial charge in [0.05, 0.1) is 12.8 Å². The zero-order valence-corrected chi connectivity index (χ0v) is 28.1. The van der Waals surface area contributed by atoms with E-state index < -0.39 is 27.9 Å². The van der Waals surface area contributed by atoms with Gasteiger partial charge in [-0.1, -0.05) is 36.4 Å². The van der Waals surface area contributed by atoms with Crippen LogP contribution < -0.4 is 13.8 Å². The molecule has 2 amide bonds. The second-order valence-corrected chi connectivity index (χ2v) is 13.8. The van der Waals surface area contributed by atoms with Crippen LogP contribution in [-0.2, 0) is 26.1 Å². The highest BCUT2D eigenvalue weighted by atomic mass is 32.2. The first kappa shape index (κ1) is 33.5. The van der Waals surface area contributed by atoms with Gasteiger partial charge >= 0.3 is 16.2 Å². The van der Waals surface area contributed by atoms with Gasteiger partial charge in [0.25, 0.3) is 0 Å². The highest BCUT2D eigenvalue weighted by Crippen LogP contribution is 2.29. The van der Waals surface area contributed by atoms with Crippen LogP contribution in [0.3, 0.4) is 0 Å². The van der Waals surface area contributed by atoms with Crippen LogP contribution in [-0.4, -0.2) is 87.2 Å². The number of carbonyl (C=O) groups is 2. The Kier molecular flexibility index (Phi) is 9.90. The molecule has 2 heterocycles. The quantitative estimate of drug-likeness (QED) is 0.225. The molecule has 5 rings (SSSR count). The molecule has 1 fully saturated rings. The smallest absolute Gasteiger partial charge is 0.410 e. The summed E-state index contributed by atoms with van der Waals surface area (Å²) >= 11 is 0. The molecule has 1 aliphatic rings. The van der Waals surface area contributed by atoms with Crippen LogP contribution >= 0.6 is 0 Å². The second-order valence-electron chi connectivity index (χ2n) is 12.3. The van der Waals surface area contributed by atoms with Gasteiger partial charge in [-0.2, -0.15) is 8.42 Å². The minimum absolute atomic E-state index is 0.0388. The van der Waals surface area contributed by atoms with Gasteiger partial charge in [-0.05, 0) is 62.7 Å². The van der Waals surface area contributed by atoms with Crippen LogP contribution in [0.5, 0.6) is 11.5 Å². The van der Waals surface area contributed by atoms with E-state index in [-0.39, 0.29) is 23.0 Å². The molecular formula is C35H40N4O7S. The number of aromatic nitrogens is 1. The summed E-state index contributed by atoms with van der Waals surface area (Å²) in [7, 11) is -0.949. The van der Waals surface area contributed by atoms with E-state index in [0.717, 1.165) is 11.4 Å². The van der Waals surface area contributed by atoms with Crippen molar-refractivity contribution in [3.8, 4) is 11.5 Å². The third-order valence-corrected chi connectivity index (χ3v) is 9.23. The van der Waals surface area contributed by atoms with Crippen molar-refractivity contribution in [2.45, 2.75) is 43.7 Å². The Morgan fingerprint density at radius 3 is 2.32 bits per heavy atom. The molecule has 1 atom stereocenters. The number of para-hydroxylation sites is 2. The summed E-state index contributed by atoms with van der Waals surface area (Å²) < 4.78 is 43.0. The highest BCUT2D eigenvalue weighted by Gasteiger charge is 2.35. The van der Waals surface area contributed by atoms with E-state index in [0.29, 0.717) is 42.5 Å². The number of ether oxygens (including phenoxy) is 2. The SMILES string of the molecule is COc1ccccc1N1CCN(C(=O)[C@H](Cc2ccc(OS(=O)(=O)c3cccc4cnccc34)cc2)N(C)C(=O)OC(C)(C)C)CC1. The van der Waals surface area contributed by atoms with E-state index in [1.165, 1.54) is 17.2 Å². The molecule has 3 aromatic carbocycles. The lowest BCUT2D eigenvalue weighted by atomic mass is 10.0. The standard InChI is InChI=1S/C35H40N4O7S/c1-35(2,3)45-34(41)37(4)30(33(40)39-21-19-38(20-22-39)29-10-6-7-11-31(29)44-5)23-25-13-15-27(16-14-25)46-47(42,43)32-12-8-9-26-24-36-18-17-28(26)32/h6-18,24,30H,19-23H2,1-5H3/t30-/m0/s1. The summed E-state index contributed by atoms with van der Waals surface area (Å²) in [5.41, 5.74) is 0.934. The number of likely N-dealkylation sites (N-methyl/N-ethyl adjacent to an activating group) is 1. The molecule has 47 heavy (non-hydrogen) atoms. The molecular weight excluding hydrogens is 620 g/mol. The van der Waals surface area contributed by atoms with Gasteiger partial charge in [-0.3, -0.25) is 14.7 Å². The number of carbonyl (C=O) groups excluding carboxylic acids is 2. The van der Waals surface area contributed by atoms with Gasteiger partial charge in [0.2, 0.25) is 5.91 Å². The van der Waals surface area contributed by atoms with E-state index in [4.69, 9.17) is 13.7 Å². The summed E-state index contributed by atoms with van der Waals surface area (Å²) in [4.78, 5) is 36.5. The van der Waals surface area contributed by atoms with E-state index >= 15 is 0 Å². The number of fused-ring (bicyclic) bond motifs is 1. The largest absolute Gasteiger partial charge is 0.495 e. The Balaban J connectivity index is 1.32. The van der Waals surface area contributed by atoms with Gasteiger partial charge in [-0.25, -0.2) is 4.79 Å². The maximum Gasteiger partial charge on any atom is 0.410 e. The Bertz CT molecular complexity index is 1830. The molecule has 248 valence electrons. The molecule has 11 nitrogen and oxygen atoms in total. The van der Waals surface area contributed by atoms with Gasteiger partial charge in [0.1, 0.15) is 28.0 Å². The molecule has 1 aromatic heterocycles. The average molecular weight is 661 g/mol. The zero-order chi connectivity index (χ0) is 33.8. The number of hydrogen-bond acceptors (Lipinski definition) is 9. The molecule has 1 aliphatic heterocycles. The fraction of sp³-hybridized carbons (Fsp3) is 0.343. The molecule has 0 radical (unpaired) electrons. The summed E-state index contributed by atoms with van der Waals surface area (Å²) in [6.45, 7) is 7.44. The third-order valence-electron chi connectivity index (χ3n) is 7.92. The van der Waals surface area contributed by atoms with E-state index in [9.17, 15) is 18.0 Å². The van der Waals surface area contributed by atoms with E-state index in [2.05, 4.69) is 9.88 Å². The van der Waals surface area contributed by atoms with Gasteiger partial charge in [0, 0.05) is 62.8 Å². The number of pyridine rings is 1. The monoisotopic (exact) mass is 660 g/mol. The van der Waals surface area contributed by atoms with Gasteiger partial charge in [0.15, 0.2) is 0 Å². The lowest BCUT2D eigenvalue weighted by Gasteiger charge is -2.39. The number of anilines is 1. The van der Waals surface area contributed by atoms with Crippen LogP contribution in [0.4, 0.5) is 10.5 Å². The Morgan fingerprint density at radius 1 is 0.936 bits per heavy atom. The molecule has 1 saturated heterocycles. The second kappa shape index (κ2) is 13.9. The summed E-state index contributed by atoms with van der Waals surface area (Å²) in [6.07, 6.45) is 2.70. The van der Waals surface area contributed by atoms with Crippen LogP contribution in [0.2, 0.25) is 0 Å². The van der Waals surface area contributed by atoms with Crippen molar-refractivity contribution in [1.82, 2.24) is 14.8 Å².